The van der Waals surface area contributed by atoms with E-state index in [1.807, 2.05) is 29.6 Å². The molecule has 7 nitrogen and oxygen atoms in total. The third kappa shape index (κ3) is 5.12. The summed E-state index contributed by atoms with van der Waals surface area (Å²) in [6, 6.07) is 12.2. The maximum absolute atomic E-state index is 5.45. The van der Waals surface area contributed by atoms with Gasteiger partial charge in [0.1, 0.15) is 10.9 Å². The molecule has 1 aliphatic rings. The predicted molar refractivity (Wildman–Crippen MR) is 122 cm³/mol. The number of thiophene rings is 1. The minimum absolute atomic E-state index is 0.673. The summed E-state index contributed by atoms with van der Waals surface area (Å²) in [4.78, 5) is 17.6. The van der Waals surface area contributed by atoms with Crippen molar-refractivity contribution in [2.24, 2.45) is 0 Å². The molecule has 0 spiro atoms. The van der Waals surface area contributed by atoms with Gasteiger partial charge in [-0.25, -0.2) is 9.97 Å². The van der Waals surface area contributed by atoms with Crippen molar-refractivity contribution < 1.29 is 9.26 Å². The molecule has 0 unspecified atom stereocenters. The molecule has 1 aromatic carbocycles. The van der Waals surface area contributed by atoms with E-state index in [4.69, 9.17) is 19.2 Å². The summed E-state index contributed by atoms with van der Waals surface area (Å²) in [6.07, 6.45) is 1.70. The number of para-hydroxylation sites is 1. The topological polar surface area (TPSA) is 77.2 Å². The van der Waals surface area contributed by atoms with Gasteiger partial charge in [0.25, 0.3) is 0 Å². The number of ether oxygens (including phenoxy) is 1. The van der Waals surface area contributed by atoms with Crippen molar-refractivity contribution in [2.75, 3.05) is 32.1 Å². The summed E-state index contributed by atoms with van der Waals surface area (Å²) in [5.74, 6) is 3.16. The zero-order chi connectivity index (χ0) is 20.9. The number of aryl methyl sites for hydroxylation is 1. The fraction of sp³-hybridized carbons (Fsp3) is 0.364. The molecule has 1 saturated heterocycles. The number of rotatable bonds is 8. The number of hydrogen-bond acceptors (Lipinski definition) is 9. The monoisotopic (exact) mass is 453 g/mol. The first-order valence-corrected chi connectivity index (χ1v) is 12.3. The lowest BCUT2D eigenvalue weighted by Gasteiger charge is -2.25. The fourth-order valence-electron chi connectivity index (χ4n) is 3.49. The highest BCUT2D eigenvalue weighted by molar-refractivity contribution is 7.99. The molecule has 0 saturated carbocycles. The van der Waals surface area contributed by atoms with Crippen molar-refractivity contribution in [1.82, 2.24) is 25.0 Å². The minimum atomic E-state index is 0.673. The normalized spacial score (nSPS) is 15.0. The smallest absolute Gasteiger partial charge is 0.227 e. The molecule has 1 fully saturated rings. The van der Waals surface area contributed by atoms with Crippen LogP contribution in [0.5, 0.6) is 0 Å². The number of aromatic nitrogens is 4. The molecule has 0 aliphatic carbocycles. The van der Waals surface area contributed by atoms with Crippen LogP contribution in [0.3, 0.4) is 0 Å². The highest BCUT2D eigenvalue weighted by atomic mass is 32.2. The van der Waals surface area contributed by atoms with E-state index in [1.165, 1.54) is 0 Å². The average Bonchev–Trinajstić information content (AvgIpc) is 3.49. The van der Waals surface area contributed by atoms with Gasteiger partial charge in [0.15, 0.2) is 0 Å². The van der Waals surface area contributed by atoms with Crippen LogP contribution in [0.2, 0.25) is 0 Å². The van der Waals surface area contributed by atoms with Gasteiger partial charge in [0.05, 0.1) is 30.2 Å². The van der Waals surface area contributed by atoms with Crippen LogP contribution in [0.4, 0.5) is 0 Å². The standard InChI is InChI=1S/C22H23N5O2S2/c1-2-6-17-16(5-1)22(24-19(23-17)15-27-9-11-28-12-10-27)31-14-4-8-20-25-21(26-29-20)18-7-3-13-30-18/h1-3,5-7,13H,4,8-12,14-15H2. The van der Waals surface area contributed by atoms with Crippen LogP contribution >= 0.6 is 23.1 Å². The van der Waals surface area contributed by atoms with E-state index in [9.17, 15) is 0 Å². The highest BCUT2D eigenvalue weighted by Gasteiger charge is 2.15. The molecule has 0 amide bonds. The Balaban J connectivity index is 1.23. The Morgan fingerprint density at radius 1 is 1.03 bits per heavy atom. The van der Waals surface area contributed by atoms with Crippen LogP contribution < -0.4 is 0 Å². The number of nitrogens with zero attached hydrogens (tertiary/aromatic N) is 5. The Bertz CT molecular complexity index is 1130. The van der Waals surface area contributed by atoms with Crippen LogP contribution in [0.25, 0.3) is 21.6 Å². The lowest BCUT2D eigenvalue weighted by molar-refractivity contribution is 0.0330. The number of benzene rings is 1. The molecule has 4 aromatic rings. The minimum Gasteiger partial charge on any atom is -0.379 e. The lowest BCUT2D eigenvalue weighted by Crippen LogP contribution is -2.36. The number of morpholine rings is 1. The fourth-order valence-corrected chi connectivity index (χ4v) is 5.12. The largest absolute Gasteiger partial charge is 0.379 e. The molecule has 0 N–H and O–H groups in total. The Hall–Kier alpha value is -2.33. The maximum atomic E-state index is 5.45. The maximum Gasteiger partial charge on any atom is 0.227 e. The molecule has 3 aromatic heterocycles. The van der Waals surface area contributed by atoms with Gasteiger partial charge in [0, 0.05) is 30.6 Å². The summed E-state index contributed by atoms with van der Waals surface area (Å²) in [6.45, 7) is 4.17. The molecule has 31 heavy (non-hydrogen) atoms. The average molecular weight is 454 g/mol. The van der Waals surface area contributed by atoms with Crippen molar-refractivity contribution in [3.63, 3.8) is 0 Å². The van der Waals surface area contributed by atoms with Crippen LogP contribution in [0, 0.1) is 0 Å². The third-order valence-corrected chi connectivity index (χ3v) is 7.01. The summed E-state index contributed by atoms with van der Waals surface area (Å²) < 4.78 is 10.9. The third-order valence-electron chi connectivity index (χ3n) is 5.07. The van der Waals surface area contributed by atoms with Crippen molar-refractivity contribution in [2.45, 2.75) is 24.4 Å². The van der Waals surface area contributed by atoms with E-state index < -0.39 is 0 Å². The summed E-state index contributed by atoms with van der Waals surface area (Å²) in [5, 5.41) is 8.25. The van der Waals surface area contributed by atoms with E-state index in [1.54, 1.807) is 23.1 Å². The molecule has 0 atom stereocenters. The van der Waals surface area contributed by atoms with E-state index in [2.05, 4.69) is 27.2 Å². The van der Waals surface area contributed by atoms with Crippen molar-refractivity contribution in [3.05, 3.63) is 53.5 Å². The first kappa shape index (κ1) is 20.6. The van der Waals surface area contributed by atoms with E-state index in [0.29, 0.717) is 11.7 Å². The lowest BCUT2D eigenvalue weighted by atomic mass is 10.2. The van der Waals surface area contributed by atoms with Crippen LogP contribution in [-0.2, 0) is 17.7 Å². The van der Waals surface area contributed by atoms with Gasteiger partial charge in [-0.3, -0.25) is 4.90 Å². The van der Waals surface area contributed by atoms with Crippen molar-refractivity contribution in [3.8, 4) is 10.7 Å². The molecule has 9 heteroatoms. The second-order valence-corrected chi connectivity index (χ2v) is 9.32. The highest BCUT2D eigenvalue weighted by Crippen LogP contribution is 2.27. The van der Waals surface area contributed by atoms with Crippen LogP contribution in [0.1, 0.15) is 18.1 Å². The van der Waals surface area contributed by atoms with Crippen LogP contribution in [0.15, 0.2) is 51.3 Å². The second kappa shape index (κ2) is 9.86. The second-order valence-electron chi connectivity index (χ2n) is 7.29. The van der Waals surface area contributed by atoms with Gasteiger partial charge >= 0.3 is 0 Å². The van der Waals surface area contributed by atoms with E-state index in [0.717, 1.165) is 78.1 Å². The molecule has 1 aliphatic heterocycles. The molecule has 160 valence electrons. The molecule has 4 heterocycles. The Morgan fingerprint density at radius 3 is 2.81 bits per heavy atom. The molecule has 5 rings (SSSR count). The molecular formula is C22H23N5O2S2. The quantitative estimate of drug-likeness (QED) is 0.222. The molecule has 0 radical (unpaired) electrons. The predicted octanol–water partition coefficient (Wildman–Crippen LogP) is 4.30. The van der Waals surface area contributed by atoms with Crippen molar-refractivity contribution in [1.29, 1.82) is 0 Å². The molecular weight excluding hydrogens is 430 g/mol. The number of hydrogen-bond donors (Lipinski definition) is 0. The number of fused-ring (bicyclic) bond motifs is 1. The van der Waals surface area contributed by atoms with Gasteiger partial charge in [-0.05, 0) is 23.9 Å². The SMILES string of the molecule is c1csc(-c2noc(CCCSc3nc(CN4CCOCC4)nc4ccccc34)n2)c1. The van der Waals surface area contributed by atoms with Gasteiger partial charge in [0.2, 0.25) is 11.7 Å². The van der Waals surface area contributed by atoms with Gasteiger partial charge in [-0.2, -0.15) is 4.98 Å². The van der Waals surface area contributed by atoms with E-state index >= 15 is 0 Å². The summed E-state index contributed by atoms with van der Waals surface area (Å²) in [7, 11) is 0. The van der Waals surface area contributed by atoms with Gasteiger partial charge in [-0.15, -0.1) is 23.1 Å². The first-order chi connectivity index (χ1) is 15.3. The van der Waals surface area contributed by atoms with Crippen molar-refractivity contribution >= 4 is 34.0 Å². The van der Waals surface area contributed by atoms with E-state index in [-0.39, 0.29) is 0 Å². The molecule has 0 bridgehead atoms. The zero-order valence-corrected chi connectivity index (χ0v) is 18.7. The summed E-state index contributed by atoms with van der Waals surface area (Å²) >= 11 is 3.38. The Morgan fingerprint density at radius 2 is 1.94 bits per heavy atom. The zero-order valence-electron chi connectivity index (χ0n) is 17.1. The summed E-state index contributed by atoms with van der Waals surface area (Å²) in [5.41, 5.74) is 1.00. The van der Waals surface area contributed by atoms with Gasteiger partial charge in [-0.1, -0.05) is 29.4 Å². The van der Waals surface area contributed by atoms with Crippen LogP contribution in [-0.4, -0.2) is 57.1 Å². The van der Waals surface area contributed by atoms with Gasteiger partial charge < -0.3 is 9.26 Å². The number of thioether (sulfide) groups is 1. The first-order valence-electron chi connectivity index (χ1n) is 10.4. The Kier molecular flexibility index (Phi) is 6.54. The Labute approximate surface area is 188 Å².